The van der Waals surface area contributed by atoms with E-state index in [0.717, 1.165) is 38.5 Å². The van der Waals surface area contributed by atoms with Gasteiger partial charge in [0.1, 0.15) is 122 Å². The average molecular weight is 1270 g/mol. The first-order chi connectivity index (χ1) is 41.2. The van der Waals surface area contributed by atoms with Crippen LogP contribution in [0, 0.1) is 45.3 Å². The number of hydrogen-bond donors (Lipinski definition) is 18. The predicted octanol–water partition coefficient (Wildman–Crippen LogP) is -4.38. The average Bonchev–Trinajstić information content (AvgIpc) is 1.33. The van der Waals surface area contributed by atoms with Crippen molar-refractivity contribution in [3.63, 3.8) is 0 Å². The van der Waals surface area contributed by atoms with E-state index >= 15 is 0 Å². The van der Waals surface area contributed by atoms with E-state index in [1.54, 1.807) is 0 Å². The fraction of sp³-hybridized carbons (Fsp3) is 0.967. The molecule has 0 spiro atoms. The number of rotatable bonds is 20. The molecule has 88 heavy (non-hydrogen) atoms. The van der Waals surface area contributed by atoms with Gasteiger partial charge in [0.2, 0.25) is 0 Å². The van der Waals surface area contributed by atoms with E-state index in [1.165, 1.54) is 19.4 Å². The zero-order chi connectivity index (χ0) is 64.7. The summed E-state index contributed by atoms with van der Waals surface area (Å²) >= 11 is 0. The van der Waals surface area contributed by atoms with E-state index in [0.29, 0.717) is 12.8 Å². The van der Waals surface area contributed by atoms with E-state index in [9.17, 15) is 91.9 Å². The van der Waals surface area contributed by atoms with Crippen molar-refractivity contribution >= 4 is 0 Å². The Hall–Kier alpha value is -1.38. The molecule has 0 aromatic carbocycles. The van der Waals surface area contributed by atoms with Crippen LogP contribution in [0.3, 0.4) is 0 Å². The lowest BCUT2D eigenvalue weighted by Crippen LogP contribution is -2.65. The van der Waals surface area contributed by atoms with Gasteiger partial charge in [-0.3, -0.25) is 0 Å². The molecule has 0 aromatic rings. The highest BCUT2D eigenvalue weighted by Gasteiger charge is 2.68. The standard InChI is InChI=1S/C60H102O28/c1-24(9-13-35(57(4,5)78)86-55-50(88-53-48(77)43(72)38(67)30(21-63)82-53)45(74)40(69)32(84-55)23-79-51-46(75)41(70)36(65)28(19-61)80-51)25-15-16-60(8)33-12-10-26-27(58(33,6)17-18-59(25,60)7)11-14-34(56(26,2)3)85-54-49(44(73)39(68)31(22-64)83-54)87-52-47(76)42(71)37(66)29(20-62)81-52/h10,24-25,27-55,61-78H,9,11-23H2,1-8H3/t24-,25-,27?,28-,29?,30-,31-,32-,33-,34+,35-,36-,37?,38-,39-,40-,41+,42+,43+,44+,45+,46-,47-,48-,49-,50-,51-,52+,53+,54+,55+,58+,59-,60+/m1/s1. The van der Waals surface area contributed by atoms with Crippen LogP contribution in [0.5, 0.6) is 0 Å². The highest BCUT2D eigenvalue weighted by molar-refractivity contribution is 5.30. The van der Waals surface area contributed by atoms with Crippen LogP contribution in [0.1, 0.15) is 113 Å². The molecule has 18 N–H and O–H groups in total. The molecule has 9 rings (SSSR count). The van der Waals surface area contributed by atoms with Crippen molar-refractivity contribution < 1.29 is 139 Å². The van der Waals surface area contributed by atoms with Gasteiger partial charge in [0, 0.05) is 5.41 Å². The Labute approximate surface area is 512 Å². The van der Waals surface area contributed by atoms with Crippen LogP contribution in [-0.2, 0) is 47.4 Å². The van der Waals surface area contributed by atoms with Gasteiger partial charge in [0.05, 0.1) is 50.8 Å². The third-order valence-electron chi connectivity index (χ3n) is 22.8. The largest absolute Gasteiger partial charge is 0.394 e. The smallest absolute Gasteiger partial charge is 0.187 e. The summed E-state index contributed by atoms with van der Waals surface area (Å²) < 4.78 is 60.2. The summed E-state index contributed by atoms with van der Waals surface area (Å²) in [5.74, 6) is 0.763. The summed E-state index contributed by atoms with van der Waals surface area (Å²) in [7, 11) is 0. The first-order valence-electron chi connectivity index (χ1n) is 31.5. The molecule has 34 atom stereocenters. The minimum Gasteiger partial charge on any atom is -0.394 e. The number of allylic oxidation sites excluding steroid dienone is 1. The third kappa shape index (κ3) is 12.8. The van der Waals surface area contributed by atoms with Crippen LogP contribution in [0.25, 0.3) is 0 Å². The van der Waals surface area contributed by atoms with E-state index in [2.05, 4.69) is 47.6 Å². The molecule has 28 nitrogen and oxygen atoms in total. The van der Waals surface area contributed by atoms with Gasteiger partial charge in [-0.15, -0.1) is 0 Å². The molecule has 0 aromatic heterocycles. The van der Waals surface area contributed by atoms with Gasteiger partial charge in [-0.05, 0) is 112 Å². The molecule has 0 amide bonds. The maximum Gasteiger partial charge on any atom is 0.187 e. The van der Waals surface area contributed by atoms with Crippen molar-refractivity contribution in [3.05, 3.63) is 11.6 Å². The number of aliphatic hydroxyl groups excluding tert-OH is 17. The second-order valence-corrected chi connectivity index (χ2v) is 28.6. The topological polar surface area (TPSA) is 456 Å². The highest BCUT2D eigenvalue weighted by Crippen LogP contribution is 2.75. The van der Waals surface area contributed by atoms with Crippen LogP contribution in [0.4, 0.5) is 0 Å². The highest BCUT2D eigenvalue weighted by atomic mass is 16.8. The van der Waals surface area contributed by atoms with Crippen molar-refractivity contribution in [1.29, 1.82) is 0 Å². The molecule has 0 bridgehead atoms. The van der Waals surface area contributed by atoms with Crippen LogP contribution < -0.4 is 0 Å². The molecule has 28 heteroatoms. The number of hydrogen-bond acceptors (Lipinski definition) is 28. The van der Waals surface area contributed by atoms with E-state index in [1.807, 2.05) is 0 Å². The lowest BCUT2D eigenvalue weighted by molar-refractivity contribution is -0.380. The summed E-state index contributed by atoms with van der Waals surface area (Å²) in [4.78, 5) is 0. The van der Waals surface area contributed by atoms with Gasteiger partial charge >= 0.3 is 0 Å². The number of ether oxygens (including phenoxy) is 10. The summed E-state index contributed by atoms with van der Waals surface area (Å²) in [6.07, 6.45) is -34.1. The maximum absolute atomic E-state index is 11.9. The fourth-order valence-electron chi connectivity index (χ4n) is 17.1. The van der Waals surface area contributed by atoms with Gasteiger partial charge in [-0.2, -0.15) is 0 Å². The monoisotopic (exact) mass is 1270 g/mol. The minimum absolute atomic E-state index is 0.0759. The molecule has 0 radical (unpaired) electrons. The number of aliphatic hydroxyl groups is 18. The van der Waals surface area contributed by atoms with Crippen LogP contribution in [-0.4, -0.2) is 296 Å². The Bertz CT molecular complexity index is 2310. The van der Waals surface area contributed by atoms with E-state index < -0.39 is 210 Å². The Balaban J connectivity index is 0.895. The molecule has 4 aliphatic carbocycles. The van der Waals surface area contributed by atoms with Crippen LogP contribution >= 0.6 is 0 Å². The lowest BCUT2D eigenvalue weighted by Gasteiger charge is -2.66. The number of fused-ring (bicyclic) bond motifs is 5. The van der Waals surface area contributed by atoms with Gasteiger partial charge in [0.25, 0.3) is 0 Å². The van der Waals surface area contributed by atoms with Crippen LogP contribution in [0.2, 0.25) is 0 Å². The third-order valence-corrected chi connectivity index (χ3v) is 22.8. The molecular formula is C60H102O28. The quantitative estimate of drug-likeness (QED) is 0.0512. The normalized spacial score (nSPS) is 51.4. The van der Waals surface area contributed by atoms with Crippen molar-refractivity contribution in [1.82, 2.24) is 0 Å². The van der Waals surface area contributed by atoms with Gasteiger partial charge in [0.15, 0.2) is 31.5 Å². The summed E-state index contributed by atoms with van der Waals surface area (Å²) in [6, 6.07) is 0. The molecule has 5 heterocycles. The van der Waals surface area contributed by atoms with Gasteiger partial charge in [-0.1, -0.05) is 53.2 Å². The van der Waals surface area contributed by atoms with Crippen LogP contribution in [0.15, 0.2) is 11.6 Å². The van der Waals surface area contributed by atoms with Crippen molar-refractivity contribution in [2.75, 3.05) is 33.0 Å². The minimum atomic E-state index is -1.93. The Kier molecular flexibility index (Phi) is 22.1. The molecule has 3 unspecified atom stereocenters. The zero-order valence-corrected chi connectivity index (χ0v) is 51.5. The molecule has 9 aliphatic rings. The Morgan fingerprint density at radius 1 is 0.500 bits per heavy atom. The van der Waals surface area contributed by atoms with Gasteiger partial charge in [-0.25, -0.2) is 0 Å². The van der Waals surface area contributed by atoms with Crippen molar-refractivity contribution in [2.24, 2.45) is 45.3 Å². The molecule has 3 saturated carbocycles. The summed E-state index contributed by atoms with van der Waals surface area (Å²) in [6.45, 7) is 13.2. The Morgan fingerprint density at radius 2 is 0.955 bits per heavy atom. The second-order valence-electron chi connectivity index (χ2n) is 28.6. The molecular weight excluding hydrogens is 1170 g/mol. The second kappa shape index (κ2) is 27.4. The molecule has 5 saturated heterocycles. The molecule has 510 valence electrons. The first kappa shape index (κ1) is 70.9. The van der Waals surface area contributed by atoms with Crippen molar-refractivity contribution in [2.45, 2.75) is 285 Å². The van der Waals surface area contributed by atoms with Gasteiger partial charge < -0.3 is 139 Å². The lowest BCUT2D eigenvalue weighted by atomic mass is 9.39. The predicted molar refractivity (Wildman–Crippen MR) is 299 cm³/mol. The molecule has 8 fully saturated rings. The summed E-state index contributed by atoms with van der Waals surface area (Å²) in [5.41, 5.74) is -1.33. The summed E-state index contributed by atoms with van der Waals surface area (Å²) in [5, 5.41) is 193. The Morgan fingerprint density at radius 3 is 1.47 bits per heavy atom. The zero-order valence-electron chi connectivity index (χ0n) is 51.5. The SMILES string of the molecule is C[C@H](CC[C@@H](O[C@@H]1O[C@H](CO[C@@H]2O[C@H](CO)[C@@H](O)[C@H](O)[C@H]2O)[C@@H](O)[C@H](O)[C@H]1O[C@@H]1O[C@H](CO)[C@@H](O)[C@H](O)[C@H]1O)C(C)(C)O)[C@H]1CC[C@@]2(C)[C@@H]3CC=C4C(CC[C@H](O[C@@H]5O[C@H](CO)[C@@H](O)[C@H](O)[C@H]5O[C@@H]5OC(CO)C(O)[C@H](O)[C@H]5O)C4(C)C)[C@]3(C)CC[C@]12C. The first-order valence-corrected chi connectivity index (χ1v) is 31.5. The van der Waals surface area contributed by atoms with Crippen molar-refractivity contribution in [3.8, 4) is 0 Å². The van der Waals surface area contributed by atoms with E-state index in [4.69, 9.17) is 47.4 Å². The molecule has 5 aliphatic heterocycles. The maximum atomic E-state index is 11.9. The van der Waals surface area contributed by atoms with E-state index in [-0.39, 0.29) is 46.3 Å². The fourth-order valence-corrected chi connectivity index (χ4v) is 17.1.